The number of carbonyl (C=O) groups is 4. The van der Waals surface area contributed by atoms with Crippen LogP contribution in [-0.2, 0) is 14.3 Å². The minimum atomic E-state index is -0.545. The predicted octanol–water partition coefficient (Wildman–Crippen LogP) is 5.68. The molecule has 3 N–H and O–H groups in total. The van der Waals surface area contributed by atoms with Crippen molar-refractivity contribution in [2.75, 3.05) is 42.5 Å². The summed E-state index contributed by atoms with van der Waals surface area (Å²) >= 11 is 1.26. The smallest absolute Gasteiger partial charge is 0.339 e. The summed E-state index contributed by atoms with van der Waals surface area (Å²) in [7, 11) is 5.15. The number of ether oxygens (including phenoxy) is 1. The van der Waals surface area contributed by atoms with Gasteiger partial charge in [0.1, 0.15) is 5.70 Å². The largest absolute Gasteiger partial charge is 0.465 e. The van der Waals surface area contributed by atoms with Crippen molar-refractivity contribution < 1.29 is 23.9 Å². The summed E-state index contributed by atoms with van der Waals surface area (Å²) in [6, 6.07) is 29.8. The highest BCUT2D eigenvalue weighted by molar-refractivity contribution is 8.00. The maximum atomic E-state index is 13.4. The van der Waals surface area contributed by atoms with Crippen LogP contribution in [-0.4, -0.2) is 50.6 Å². The monoisotopic (exact) mass is 608 g/mol. The van der Waals surface area contributed by atoms with Crippen LogP contribution in [0, 0.1) is 0 Å². The average molecular weight is 609 g/mol. The van der Waals surface area contributed by atoms with E-state index < -0.39 is 17.8 Å². The SMILES string of the molecule is COC(=O)c1ccccc1NC(=O)CSc1cccc(NC(=O)/C(=C\c2ccc(N(C)C)cc2)NC(=O)c2ccccc2)c1. The number of methoxy groups -OCH3 is 1. The van der Waals surface area contributed by atoms with Crippen LogP contribution < -0.4 is 20.9 Å². The van der Waals surface area contributed by atoms with Gasteiger partial charge in [-0.3, -0.25) is 14.4 Å². The molecule has 224 valence electrons. The lowest BCUT2D eigenvalue weighted by molar-refractivity contribution is -0.114. The van der Waals surface area contributed by atoms with Crippen LogP contribution in [0.4, 0.5) is 17.1 Å². The van der Waals surface area contributed by atoms with Crippen LogP contribution in [0.3, 0.4) is 0 Å². The van der Waals surface area contributed by atoms with Crippen molar-refractivity contribution in [1.29, 1.82) is 0 Å². The molecular formula is C34H32N4O5S. The number of para-hydroxylation sites is 1. The number of hydrogen-bond acceptors (Lipinski definition) is 7. The lowest BCUT2D eigenvalue weighted by Gasteiger charge is -2.14. The molecule has 44 heavy (non-hydrogen) atoms. The number of anilines is 3. The fourth-order valence-corrected chi connectivity index (χ4v) is 4.81. The number of amides is 3. The second-order valence-corrected chi connectivity index (χ2v) is 10.8. The standard InChI is InChI=1S/C34H32N4O5S/c1-38(2)26-18-16-23(17-19-26)20-30(37-32(40)24-10-5-4-6-11-24)33(41)35-25-12-9-13-27(21-25)44-22-31(39)36-29-15-8-7-14-28(29)34(42)43-3/h4-21H,22H2,1-3H3,(H,35,41)(H,36,39)(H,37,40)/b30-20+. The van der Waals surface area contributed by atoms with Crippen LogP contribution in [0.2, 0.25) is 0 Å². The van der Waals surface area contributed by atoms with Gasteiger partial charge in [0.2, 0.25) is 5.91 Å². The van der Waals surface area contributed by atoms with Crippen molar-refractivity contribution in [3.63, 3.8) is 0 Å². The molecular weight excluding hydrogens is 576 g/mol. The van der Waals surface area contributed by atoms with Gasteiger partial charge in [-0.25, -0.2) is 4.79 Å². The van der Waals surface area contributed by atoms with E-state index in [1.807, 2.05) is 55.4 Å². The van der Waals surface area contributed by atoms with Crippen LogP contribution in [0.15, 0.2) is 114 Å². The second kappa shape index (κ2) is 15.2. The van der Waals surface area contributed by atoms with E-state index in [0.717, 1.165) is 16.1 Å². The number of esters is 1. The zero-order valence-electron chi connectivity index (χ0n) is 24.5. The molecule has 4 aromatic carbocycles. The van der Waals surface area contributed by atoms with Crippen molar-refractivity contribution in [3.8, 4) is 0 Å². The third-order valence-corrected chi connectivity index (χ3v) is 7.31. The number of thioether (sulfide) groups is 1. The molecule has 4 rings (SSSR count). The maximum absolute atomic E-state index is 13.4. The Hall–Kier alpha value is -5.35. The molecule has 0 aliphatic carbocycles. The molecule has 0 heterocycles. The molecule has 0 spiro atoms. The minimum absolute atomic E-state index is 0.0636. The topological polar surface area (TPSA) is 117 Å². The minimum Gasteiger partial charge on any atom is -0.465 e. The predicted molar refractivity (Wildman–Crippen MR) is 175 cm³/mol. The zero-order valence-corrected chi connectivity index (χ0v) is 25.3. The van der Waals surface area contributed by atoms with Crippen LogP contribution in [0.5, 0.6) is 0 Å². The Morgan fingerprint density at radius 3 is 2.23 bits per heavy atom. The molecule has 10 heteroatoms. The Kier molecular flexibility index (Phi) is 10.9. The Bertz CT molecular complexity index is 1670. The molecule has 0 saturated heterocycles. The van der Waals surface area contributed by atoms with Gasteiger partial charge in [0.15, 0.2) is 0 Å². The quantitative estimate of drug-likeness (QED) is 0.114. The first-order valence-corrected chi connectivity index (χ1v) is 14.6. The van der Waals surface area contributed by atoms with E-state index in [4.69, 9.17) is 4.74 Å². The van der Waals surface area contributed by atoms with Crippen molar-refractivity contribution in [2.45, 2.75) is 4.90 Å². The van der Waals surface area contributed by atoms with Crippen LogP contribution in [0.25, 0.3) is 6.08 Å². The van der Waals surface area contributed by atoms with Crippen molar-refractivity contribution in [1.82, 2.24) is 5.32 Å². The number of hydrogen-bond donors (Lipinski definition) is 3. The zero-order chi connectivity index (χ0) is 31.5. The van der Waals surface area contributed by atoms with Gasteiger partial charge < -0.3 is 25.6 Å². The van der Waals surface area contributed by atoms with E-state index in [1.165, 1.54) is 18.9 Å². The van der Waals surface area contributed by atoms with Gasteiger partial charge in [-0.15, -0.1) is 11.8 Å². The first-order valence-electron chi connectivity index (χ1n) is 13.6. The van der Waals surface area contributed by atoms with Gasteiger partial charge in [0, 0.05) is 35.9 Å². The highest BCUT2D eigenvalue weighted by Gasteiger charge is 2.16. The molecule has 0 aliphatic rings. The normalized spacial score (nSPS) is 10.8. The first-order chi connectivity index (χ1) is 21.2. The van der Waals surface area contributed by atoms with E-state index in [0.29, 0.717) is 16.9 Å². The van der Waals surface area contributed by atoms with Crippen molar-refractivity contribution >= 4 is 58.6 Å². The van der Waals surface area contributed by atoms with Crippen molar-refractivity contribution in [2.24, 2.45) is 0 Å². The lowest BCUT2D eigenvalue weighted by atomic mass is 10.1. The summed E-state index contributed by atoms with van der Waals surface area (Å²) in [4.78, 5) is 53.7. The molecule has 0 aromatic heterocycles. The average Bonchev–Trinajstić information content (AvgIpc) is 3.04. The lowest BCUT2D eigenvalue weighted by Crippen LogP contribution is -2.30. The van der Waals surface area contributed by atoms with Crippen LogP contribution >= 0.6 is 11.8 Å². The van der Waals surface area contributed by atoms with Crippen LogP contribution in [0.1, 0.15) is 26.3 Å². The fraction of sp³-hybridized carbons (Fsp3) is 0.118. The Morgan fingerprint density at radius 1 is 0.818 bits per heavy atom. The molecule has 4 aromatic rings. The molecule has 0 bridgehead atoms. The maximum Gasteiger partial charge on any atom is 0.339 e. The van der Waals surface area contributed by atoms with Crippen molar-refractivity contribution in [3.05, 3.63) is 126 Å². The molecule has 0 saturated carbocycles. The number of nitrogens with zero attached hydrogens (tertiary/aromatic N) is 1. The summed E-state index contributed by atoms with van der Waals surface area (Å²) in [6.45, 7) is 0. The summed E-state index contributed by atoms with van der Waals surface area (Å²) < 4.78 is 4.78. The third kappa shape index (κ3) is 8.83. The number of carbonyl (C=O) groups excluding carboxylic acids is 4. The molecule has 3 amide bonds. The molecule has 0 atom stereocenters. The van der Waals surface area contributed by atoms with E-state index in [2.05, 4.69) is 16.0 Å². The Balaban J connectivity index is 1.46. The molecule has 9 nitrogen and oxygen atoms in total. The molecule has 0 fully saturated rings. The van der Waals surface area contributed by atoms with E-state index in [9.17, 15) is 19.2 Å². The van der Waals surface area contributed by atoms with Gasteiger partial charge in [-0.05, 0) is 66.2 Å². The van der Waals surface area contributed by atoms with Gasteiger partial charge in [-0.1, -0.05) is 48.5 Å². The highest BCUT2D eigenvalue weighted by atomic mass is 32.2. The Labute approximate surface area is 260 Å². The fourth-order valence-electron chi connectivity index (χ4n) is 4.06. The van der Waals surface area contributed by atoms with E-state index in [-0.39, 0.29) is 22.9 Å². The molecule has 0 radical (unpaired) electrons. The summed E-state index contributed by atoms with van der Waals surface area (Å²) in [6.07, 6.45) is 1.62. The van der Waals surface area contributed by atoms with Gasteiger partial charge in [0.25, 0.3) is 11.8 Å². The van der Waals surface area contributed by atoms with E-state index in [1.54, 1.807) is 72.8 Å². The second-order valence-electron chi connectivity index (χ2n) is 9.72. The third-order valence-electron chi connectivity index (χ3n) is 6.32. The summed E-state index contributed by atoms with van der Waals surface area (Å²) in [5.41, 5.74) is 3.32. The van der Waals surface area contributed by atoms with Gasteiger partial charge in [0.05, 0.1) is 24.1 Å². The van der Waals surface area contributed by atoms with Gasteiger partial charge in [-0.2, -0.15) is 0 Å². The molecule has 0 unspecified atom stereocenters. The van der Waals surface area contributed by atoms with Gasteiger partial charge >= 0.3 is 5.97 Å². The number of rotatable bonds is 11. The highest BCUT2D eigenvalue weighted by Crippen LogP contribution is 2.23. The molecule has 0 aliphatic heterocycles. The summed E-state index contributed by atoms with van der Waals surface area (Å²) in [5.74, 6) is -1.72. The number of benzene rings is 4. The van der Waals surface area contributed by atoms with E-state index >= 15 is 0 Å². The Morgan fingerprint density at radius 2 is 1.52 bits per heavy atom. The first kappa shape index (κ1) is 31.6. The number of nitrogens with one attached hydrogen (secondary N) is 3. The summed E-state index contributed by atoms with van der Waals surface area (Å²) in [5, 5.41) is 8.33.